The molecule has 1 saturated heterocycles. The van der Waals surface area contributed by atoms with Gasteiger partial charge in [0.15, 0.2) is 0 Å². The number of halogens is 1. The number of hydrogen-bond donors (Lipinski definition) is 0. The van der Waals surface area contributed by atoms with Crippen LogP contribution in [0.3, 0.4) is 0 Å². The van der Waals surface area contributed by atoms with Crippen molar-refractivity contribution in [2.75, 3.05) is 32.8 Å². The average Bonchev–Trinajstić information content (AvgIpc) is 2.78. The lowest BCUT2D eigenvalue weighted by Crippen LogP contribution is -2.45. The summed E-state index contributed by atoms with van der Waals surface area (Å²) < 4.78 is 20.1. The fraction of sp³-hybridized carbons (Fsp3) is 0.409. The van der Waals surface area contributed by atoms with Crippen LogP contribution in [0.1, 0.15) is 34.8 Å². The zero-order valence-electron chi connectivity index (χ0n) is 16.9. The molecule has 0 atom stereocenters. The molecule has 2 amide bonds. The number of carbonyl (C=O) groups excluding carboxylic acids is 2. The Balaban J connectivity index is 1.84. The van der Waals surface area contributed by atoms with Gasteiger partial charge in [0, 0.05) is 44.5 Å². The van der Waals surface area contributed by atoms with E-state index < -0.39 is 11.4 Å². The topological polar surface area (TPSA) is 71.9 Å². The molecule has 2 aliphatic heterocycles. The van der Waals surface area contributed by atoms with Gasteiger partial charge in [0.25, 0.3) is 11.5 Å². The molecule has 30 heavy (non-hydrogen) atoms. The molecule has 0 saturated carbocycles. The smallest absolute Gasteiger partial charge is 0.268 e. The summed E-state index contributed by atoms with van der Waals surface area (Å²) in [6, 6.07) is 5.56. The third-order valence-corrected chi connectivity index (χ3v) is 5.67. The van der Waals surface area contributed by atoms with E-state index in [2.05, 4.69) is 0 Å². The summed E-state index contributed by atoms with van der Waals surface area (Å²) in [5.74, 6) is -0.693. The molecule has 0 N–H and O–H groups in total. The quantitative estimate of drug-likeness (QED) is 0.769. The molecular weight excluding hydrogens is 389 g/mol. The van der Waals surface area contributed by atoms with E-state index in [0.717, 1.165) is 5.56 Å². The first-order valence-electron chi connectivity index (χ1n) is 10.2. The Morgan fingerprint density at radius 1 is 1.07 bits per heavy atom. The van der Waals surface area contributed by atoms with Crippen molar-refractivity contribution in [3.8, 4) is 5.69 Å². The van der Waals surface area contributed by atoms with Crippen LogP contribution in [0.2, 0.25) is 0 Å². The van der Waals surface area contributed by atoms with Crippen molar-refractivity contribution in [2.24, 2.45) is 0 Å². The number of morpholine rings is 1. The number of pyridine rings is 1. The van der Waals surface area contributed by atoms with Gasteiger partial charge in [0.2, 0.25) is 5.91 Å². The third kappa shape index (κ3) is 3.75. The highest BCUT2D eigenvalue weighted by atomic mass is 19.1. The van der Waals surface area contributed by atoms with Gasteiger partial charge >= 0.3 is 0 Å². The van der Waals surface area contributed by atoms with Crippen LogP contribution in [0.5, 0.6) is 0 Å². The first-order valence-corrected chi connectivity index (χ1v) is 10.2. The van der Waals surface area contributed by atoms with E-state index in [1.807, 2.05) is 6.92 Å². The summed E-state index contributed by atoms with van der Waals surface area (Å²) in [5, 5.41) is 0. The highest BCUT2D eigenvalue weighted by Crippen LogP contribution is 2.24. The molecule has 7 nitrogen and oxygen atoms in total. The maximum absolute atomic E-state index is 13.4. The lowest BCUT2D eigenvalue weighted by atomic mass is 9.95. The van der Waals surface area contributed by atoms with E-state index in [-0.39, 0.29) is 17.4 Å². The second-order valence-corrected chi connectivity index (χ2v) is 7.48. The largest absolute Gasteiger partial charge is 0.378 e. The minimum absolute atomic E-state index is 0.0289. The third-order valence-electron chi connectivity index (χ3n) is 5.67. The maximum atomic E-state index is 13.4. The van der Waals surface area contributed by atoms with Gasteiger partial charge in [-0.3, -0.25) is 19.0 Å². The van der Waals surface area contributed by atoms with Crippen molar-refractivity contribution in [3.63, 3.8) is 0 Å². The van der Waals surface area contributed by atoms with E-state index in [0.29, 0.717) is 63.5 Å². The number of rotatable bonds is 3. The van der Waals surface area contributed by atoms with E-state index in [1.165, 1.54) is 28.8 Å². The molecule has 1 aromatic carbocycles. The molecule has 8 heteroatoms. The SMILES string of the molecule is CCC(=O)N1CCc2c(cn(-c3ccc(F)cc3)c(=O)c2C(=O)N2CCOCC2)C1. The number of benzene rings is 1. The fourth-order valence-corrected chi connectivity index (χ4v) is 4.03. The minimum Gasteiger partial charge on any atom is -0.378 e. The van der Waals surface area contributed by atoms with E-state index in [4.69, 9.17) is 4.74 Å². The Kier molecular flexibility index (Phi) is 5.67. The molecule has 2 aromatic rings. The van der Waals surface area contributed by atoms with Crippen LogP contribution in [0.4, 0.5) is 4.39 Å². The number of fused-ring (bicyclic) bond motifs is 1. The van der Waals surface area contributed by atoms with Crippen LogP contribution in [-0.2, 0) is 22.5 Å². The van der Waals surface area contributed by atoms with Crippen LogP contribution in [0, 0.1) is 5.82 Å². The second kappa shape index (κ2) is 8.39. The van der Waals surface area contributed by atoms with Crippen LogP contribution >= 0.6 is 0 Å². The predicted molar refractivity (Wildman–Crippen MR) is 108 cm³/mol. The molecule has 1 aromatic heterocycles. The molecule has 2 aliphatic rings. The monoisotopic (exact) mass is 413 g/mol. The molecule has 0 unspecified atom stereocenters. The number of amides is 2. The van der Waals surface area contributed by atoms with Crippen LogP contribution in [-0.4, -0.2) is 59.0 Å². The first kappa shape index (κ1) is 20.3. The van der Waals surface area contributed by atoms with E-state index in [9.17, 15) is 18.8 Å². The summed E-state index contributed by atoms with van der Waals surface area (Å²) in [7, 11) is 0. The maximum Gasteiger partial charge on any atom is 0.268 e. The summed E-state index contributed by atoms with van der Waals surface area (Å²) in [4.78, 5) is 42.3. The van der Waals surface area contributed by atoms with Crippen molar-refractivity contribution in [1.82, 2.24) is 14.4 Å². The van der Waals surface area contributed by atoms with Gasteiger partial charge in [-0.25, -0.2) is 4.39 Å². The molecule has 0 aliphatic carbocycles. The molecular formula is C22H24FN3O4. The highest BCUT2D eigenvalue weighted by molar-refractivity contribution is 5.96. The Morgan fingerprint density at radius 3 is 2.43 bits per heavy atom. The summed E-state index contributed by atoms with van der Waals surface area (Å²) in [6.45, 7) is 4.36. The van der Waals surface area contributed by atoms with Crippen molar-refractivity contribution >= 4 is 11.8 Å². The molecule has 0 spiro atoms. The van der Waals surface area contributed by atoms with Crippen LogP contribution in [0.25, 0.3) is 5.69 Å². The molecule has 0 bridgehead atoms. The number of nitrogens with zero attached hydrogens (tertiary/aromatic N) is 3. The number of carbonyl (C=O) groups is 2. The Labute approximate surface area is 173 Å². The second-order valence-electron chi connectivity index (χ2n) is 7.48. The van der Waals surface area contributed by atoms with Gasteiger partial charge in [0.05, 0.1) is 13.2 Å². The van der Waals surface area contributed by atoms with Gasteiger partial charge in [-0.15, -0.1) is 0 Å². The Hall–Kier alpha value is -3.00. The van der Waals surface area contributed by atoms with Gasteiger partial charge in [-0.05, 0) is 41.8 Å². The Morgan fingerprint density at radius 2 is 1.77 bits per heavy atom. The van der Waals surface area contributed by atoms with Gasteiger partial charge < -0.3 is 14.5 Å². The molecule has 3 heterocycles. The van der Waals surface area contributed by atoms with Crippen molar-refractivity contribution in [3.05, 3.63) is 63.3 Å². The van der Waals surface area contributed by atoms with Gasteiger partial charge in [-0.2, -0.15) is 0 Å². The van der Waals surface area contributed by atoms with Gasteiger partial charge in [-0.1, -0.05) is 6.92 Å². The zero-order valence-corrected chi connectivity index (χ0v) is 16.9. The zero-order chi connectivity index (χ0) is 21.3. The minimum atomic E-state index is -0.424. The van der Waals surface area contributed by atoms with Crippen molar-refractivity contribution < 1.29 is 18.7 Å². The average molecular weight is 413 g/mol. The lowest BCUT2D eigenvalue weighted by Gasteiger charge is -2.32. The van der Waals surface area contributed by atoms with Crippen molar-refractivity contribution in [2.45, 2.75) is 26.3 Å². The van der Waals surface area contributed by atoms with Crippen LogP contribution in [0.15, 0.2) is 35.3 Å². The molecule has 158 valence electrons. The van der Waals surface area contributed by atoms with Gasteiger partial charge in [0.1, 0.15) is 11.4 Å². The standard InChI is InChI=1S/C22H24FN3O4/c1-2-19(27)25-8-7-18-15(13-25)14-26(17-5-3-16(23)4-6-17)22(29)20(18)21(28)24-9-11-30-12-10-24/h3-6,14H,2,7-13H2,1H3. The fourth-order valence-electron chi connectivity index (χ4n) is 4.03. The van der Waals surface area contributed by atoms with E-state index in [1.54, 1.807) is 16.0 Å². The normalized spacial score (nSPS) is 16.3. The van der Waals surface area contributed by atoms with Crippen molar-refractivity contribution in [1.29, 1.82) is 0 Å². The van der Waals surface area contributed by atoms with Crippen LogP contribution < -0.4 is 5.56 Å². The molecule has 0 radical (unpaired) electrons. The molecule has 4 rings (SSSR count). The van der Waals surface area contributed by atoms with E-state index >= 15 is 0 Å². The Bertz CT molecular complexity index is 1030. The summed E-state index contributed by atoms with van der Waals surface area (Å²) in [6.07, 6.45) is 2.52. The number of aromatic nitrogens is 1. The summed E-state index contributed by atoms with van der Waals surface area (Å²) in [5.41, 5.74) is 1.66. The highest BCUT2D eigenvalue weighted by Gasteiger charge is 2.30. The lowest BCUT2D eigenvalue weighted by molar-refractivity contribution is -0.131. The predicted octanol–water partition coefficient (Wildman–Crippen LogP) is 1.74. The number of ether oxygens (including phenoxy) is 1. The summed E-state index contributed by atoms with van der Waals surface area (Å²) >= 11 is 0. The molecule has 1 fully saturated rings. The number of hydrogen-bond acceptors (Lipinski definition) is 4. The first-order chi connectivity index (χ1) is 14.5.